The Kier molecular flexibility index (Phi) is 8.38. The predicted molar refractivity (Wildman–Crippen MR) is 118 cm³/mol. The highest BCUT2D eigenvalue weighted by atomic mass is 32.2. The number of rotatable bonds is 9. The van der Waals surface area contributed by atoms with Crippen LogP contribution in [0.2, 0.25) is 0 Å². The summed E-state index contributed by atoms with van der Waals surface area (Å²) in [4.78, 5) is 26.9. The van der Waals surface area contributed by atoms with E-state index < -0.39 is 0 Å². The number of thioether (sulfide) groups is 1. The van der Waals surface area contributed by atoms with Crippen molar-refractivity contribution in [3.05, 3.63) is 29.8 Å². The van der Waals surface area contributed by atoms with E-state index in [-0.39, 0.29) is 23.7 Å². The Morgan fingerprint density at radius 2 is 2.06 bits per heavy atom. The van der Waals surface area contributed by atoms with Crippen LogP contribution >= 0.6 is 11.8 Å². The molecule has 2 N–H and O–H groups in total. The van der Waals surface area contributed by atoms with Crippen LogP contribution in [-0.2, 0) is 16.6 Å². The summed E-state index contributed by atoms with van der Waals surface area (Å²) in [5.74, 6) is 0.458. The van der Waals surface area contributed by atoms with Crippen molar-refractivity contribution in [2.24, 2.45) is 13.0 Å². The third-order valence-electron chi connectivity index (χ3n) is 4.68. The lowest BCUT2D eigenvalue weighted by atomic mass is 10.1. The number of nitrogens with zero attached hydrogens (tertiary/aromatic N) is 5. The van der Waals surface area contributed by atoms with Crippen molar-refractivity contribution >= 4 is 29.3 Å². The van der Waals surface area contributed by atoms with Crippen LogP contribution in [0.3, 0.4) is 0 Å². The summed E-state index contributed by atoms with van der Waals surface area (Å²) in [6.45, 7) is 8.36. The van der Waals surface area contributed by atoms with Gasteiger partial charge in [0, 0.05) is 44.5 Å². The van der Waals surface area contributed by atoms with Gasteiger partial charge in [-0.05, 0) is 40.6 Å². The summed E-state index contributed by atoms with van der Waals surface area (Å²) in [6.07, 6.45) is -0.00312. The number of tetrazole rings is 1. The Morgan fingerprint density at radius 1 is 1.29 bits per heavy atom. The van der Waals surface area contributed by atoms with Gasteiger partial charge in [0.15, 0.2) is 0 Å². The fourth-order valence-corrected chi connectivity index (χ4v) is 3.92. The molecule has 1 unspecified atom stereocenters. The molecule has 31 heavy (non-hydrogen) atoms. The van der Waals surface area contributed by atoms with Gasteiger partial charge in [0.25, 0.3) is 5.91 Å². The summed E-state index contributed by atoms with van der Waals surface area (Å²) in [5.41, 5.74) is 1.16. The van der Waals surface area contributed by atoms with Crippen LogP contribution < -0.4 is 10.6 Å². The van der Waals surface area contributed by atoms with Crippen LogP contribution in [0.1, 0.15) is 24.2 Å². The molecule has 1 fully saturated rings. The quantitative estimate of drug-likeness (QED) is 0.548. The summed E-state index contributed by atoms with van der Waals surface area (Å²) in [6, 6.07) is 6.81. The number of nitrogens with one attached hydrogen (secondary N) is 2. The van der Waals surface area contributed by atoms with E-state index in [1.165, 1.54) is 16.4 Å². The fourth-order valence-electron chi connectivity index (χ4n) is 3.27. The second-order valence-corrected chi connectivity index (χ2v) is 8.80. The maximum Gasteiger partial charge on any atom is 0.251 e. The molecule has 10 nitrogen and oxygen atoms in total. The molecule has 1 atom stereocenters. The standard InChI is InChI=1S/C20H29N7O3S/c1-14(2)11-27-8-9-30-17(12-27)10-21-19(29)15-4-6-16(7-5-15)22-18(28)13-31-20-23-24-25-26(20)3/h4-7,14,17H,8-13H2,1-3H3,(H,21,29)(H,22,28). The van der Waals surface area contributed by atoms with Gasteiger partial charge in [-0.25, -0.2) is 4.68 Å². The predicted octanol–water partition coefficient (Wildman–Crippen LogP) is 1.03. The van der Waals surface area contributed by atoms with Gasteiger partial charge in [-0.2, -0.15) is 0 Å². The largest absolute Gasteiger partial charge is 0.374 e. The maximum absolute atomic E-state index is 12.5. The van der Waals surface area contributed by atoms with E-state index in [1.54, 1.807) is 31.3 Å². The Labute approximate surface area is 186 Å². The van der Waals surface area contributed by atoms with Crippen LogP contribution in [0, 0.1) is 5.92 Å². The second kappa shape index (κ2) is 11.2. The zero-order valence-electron chi connectivity index (χ0n) is 18.1. The summed E-state index contributed by atoms with van der Waals surface area (Å²) >= 11 is 1.25. The van der Waals surface area contributed by atoms with Gasteiger partial charge < -0.3 is 15.4 Å². The van der Waals surface area contributed by atoms with Crippen LogP contribution in [0.5, 0.6) is 0 Å². The number of hydrogen-bond donors (Lipinski definition) is 2. The molecule has 0 bridgehead atoms. The first kappa shape index (κ1) is 23.2. The first-order valence-electron chi connectivity index (χ1n) is 10.3. The number of carbonyl (C=O) groups is 2. The van der Waals surface area contributed by atoms with Gasteiger partial charge >= 0.3 is 0 Å². The summed E-state index contributed by atoms with van der Waals surface area (Å²) in [7, 11) is 1.71. The highest BCUT2D eigenvalue weighted by molar-refractivity contribution is 7.99. The zero-order valence-corrected chi connectivity index (χ0v) is 18.9. The number of morpholine rings is 1. The first-order chi connectivity index (χ1) is 14.9. The van der Waals surface area contributed by atoms with Crippen molar-refractivity contribution in [1.82, 2.24) is 30.4 Å². The zero-order chi connectivity index (χ0) is 22.2. The third kappa shape index (κ3) is 7.30. The Bertz CT molecular complexity index is 872. The van der Waals surface area contributed by atoms with Crippen molar-refractivity contribution in [3.8, 4) is 0 Å². The van der Waals surface area contributed by atoms with Crippen LogP contribution in [0.15, 0.2) is 29.4 Å². The maximum atomic E-state index is 12.5. The monoisotopic (exact) mass is 447 g/mol. The smallest absolute Gasteiger partial charge is 0.251 e. The molecule has 1 aromatic heterocycles. The molecule has 2 amide bonds. The molecule has 1 saturated heterocycles. The van der Waals surface area contributed by atoms with E-state index >= 15 is 0 Å². The van der Waals surface area contributed by atoms with E-state index in [4.69, 9.17) is 4.74 Å². The molecule has 1 aliphatic heterocycles. The minimum atomic E-state index is -0.175. The lowest BCUT2D eigenvalue weighted by molar-refractivity contribution is -0.113. The topological polar surface area (TPSA) is 114 Å². The minimum absolute atomic E-state index is 0.00312. The molecular weight excluding hydrogens is 418 g/mol. The van der Waals surface area contributed by atoms with Gasteiger partial charge in [0.1, 0.15) is 0 Å². The number of ether oxygens (including phenoxy) is 1. The highest BCUT2D eigenvalue weighted by Gasteiger charge is 2.21. The molecule has 1 aliphatic rings. The first-order valence-corrected chi connectivity index (χ1v) is 11.3. The summed E-state index contributed by atoms with van der Waals surface area (Å²) in [5, 5.41) is 17.4. The normalized spacial score (nSPS) is 17.0. The number of aromatic nitrogens is 4. The molecule has 0 spiro atoms. The van der Waals surface area contributed by atoms with Crippen LogP contribution in [0.25, 0.3) is 0 Å². The number of anilines is 1. The lowest BCUT2D eigenvalue weighted by Crippen LogP contribution is -2.48. The summed E-state index contributed by atoms with van der Waals surface area (Å²) < 4.78 is 7.28. The third-order valence-corrected chi connectivity index (χ3v) is 5.69. The highest BCUT2D eigenvalue weighted by Crippen LogP contribution is 2.14. The number of aryl methyl sites for hydroxylation is 1. The van der Waals surface area contributed by atoms with Gasteiger partial charge in [-0.3, -0.25) is 14.5 Å². The molecule has 168 valence electrons. The molecular formula is C20H29N7O3S. The number of benzene rings is 1. The lowest BCUT2D eigenvalue weighted by Gasteiger charge is -2.33. The molecule has 1 aromatic carbocycles. The molecule has 0 saturated carbocycles. The molecule has 0 aliphatic carbocycles. The van der Waals surface area contributed by atoms with Crippen LogP contribution in [0.4, 0.5) is 5.69 Å². The average molecular weight is 448 g/mol. The fraction of sp³-hybridized carbons (Fsp3) is 0.550. The molecule has 0 radical (unpaired) electrons. The Morgan fingerprint density at radius 3 is 2.74 bits per heavy atom. The van der Waals surface area contributed by atoms with E-state index in [0.717, 1.165) is 19.6 Å². The van der Waals surface area contributed by atoms with Crippen molar-refractivity contribution in [2.45, 2.75) is 25.1 Å². The molecule has 2 aromatic rings. The van der Waals surface area contributed by atoms with Gasteiger partial charge in [0.2, 0.25) is 11.1 Å². The van der Waals surface area contributed by atoms with Crippen molar-refractivity contribution in [3.63, 3.8) is 0 Å². The number of amides is 2. The Balaban J connectivity index is 1.42. The number of hydrogen-bond acceptors (Lipinski definition) is 8. The SMILES string of the molecule is CC(C)CN1CCOC(CNC(=O)c2ccc(NC(=O)CSc3nnnn3C)cc2)C1. The molecule has 3 rings (SSSR count). The number of carbonyl (C=O) groups excluding carboxylic acids is 2. The van der Waals surface area contributed by atoms with Crippen molar-refractivity contribution < 1.29 is 14.3 Å². The van der Waals surface area contributed by atoms with Crippen LogP contribution in [-0.4, -0.2) is 81.6 Å². The van der Waals surface area contributed by atoms with E-state index in [9.17, 15) is 9.59 Å². The van der Waals surface area contributed by atoms with E-state index in [2.05, 4.69) is 44.9 Å². The van der Waals surface area contributed by atoms with Crippen molar-refractivity contribution in [2.75, 3.05) is 43.9 Å². The Hall–Kier alpha value is -2.50. The average Bonchev–Trinajstić information content (AvgIpc) is 3.15. The minimum Gasteiger partial charge on any atom is -0.374 e. The van der Waals surface area contributed by atoms with E-state index in [1.807, 2.05) is 0 Å². The van der Waals surface area contributed by atoms with Gasteiger partial charge in [-0.1, -0.05) is 25.6 Å². The van der Waals surface area contributed by atoms with Crippen molar-refractivity contribution in [1.29, 1.82) is 0 Å². The second-order valence-electron chi connectivity index (χ2n) is 7.86. The molecule has 11 heteroatoms. The van der Waals surface area contributed by atoms with Gasteiger partial charge in [0.05, 0.1) is 18.5 Å². The van der Waals surface area contributed by atoms with Gasteiger partial charge in [-0.15, -0.1) is 5.10 Å². The molecule has 2 heterocycles. The van der Waals surface area contributed by atoms with E-state index in [0.29, 0.717) is 35.5 Å².